The van der Waals surface area contributed by atoms with Crippen molar-refractivity contribution in [1.82, 2.24) is 20.3 Å². The Morgan fingerprint density at radius 3 is 2.88 bits per heavy atom. The molecular formula is C15H17F3N6O2. The molecule has 1 atom stereocenters. The second-order valence-corrected chi connectivity index (χ2v) is 6.03. The topological polar surface area (TPSA) is 116 Å². The average molecular weight is 370 g/mol. The maximum atomic E-state index is 12.2. The lowest BCUT2D eigenvalue weighted by molar-refractivity contribution is -0.140. The molecule has 0 radical (unpaired) electrons. The Balaban J connectivity index is 1.70. The van der Waals surface area contributed by atoms with Crippen LogP contribution in [-0.2, 0) is 4.79 Å². The average Bonchev–Trinajstić information content (AvgIpc) is 3.20. The first-order valence-corrected chi connectivity index (χ1v) is 7.86. The van der Waals surface area contributed by atoms with Gasteiger partial charge in [0.2, 0.25) is 5.91 Å². The lowest BCUT2D eigenvalue weighted by Crippen LogP contribution is -2.39. The second kappa shape index (κ2) is 6.83. The maximum absolute atomic E-state index is 12.2. The Morgan fingerprint density at radius 1 is 1.42 bits per heavy atom. The molecule has 26 heavy (non-hydrogen) atoms. The lowest BCUT2D eigenvalue weighted by Gasteiger charge is -2.21. The lowest BCUT2D eigenvalue weighted by atomic mass is 10.1. The quantitative estimate of drug-likeness (QED) is 0.626. The molecule has 1 unspecified atom stereocenters. The van der Waals surface area contributed by atoms with Gasteiger partial charge < -0.3 is 21.5 Å². The summed E-state index contributed by atoms with van der Waals surface area (Å²) in [6, 6.07) is 1.72. The molecule has 3 heterocycles. The molecule has 5 N–H and O–H groups in total. The van der Waals surface area contributed by atoms with Crippen LogP contribution in [0.15, 0.2) is 18.5 Å². The third kappa shape index (κ3) is 3.87. The molecule has 0 bridgehead atoms. The molecule has 0 saturated carbocycles. The van der Waals surface area contributed by atoms with E-state index in [0.717, 1.165) is 0 Å². The number of hydrogen-bond donors (Lipinski definition) is 4. The maximum Gasteiger partial charge on any atom is 0.405 e. The molecule has 0 aliphatic carbocycles. The molecule has 0 spiro atoms. The van der Waals surface area contributed by atoms with Crippen LogP contribution in [0, 0.1) is 5.92 Å². The normalized spacial score (nSPS) is 18.2. The van der Waals surface area contributed by atoms with E-state index in [1.807, 2.05) is 5.32 Å². The molecule has 1 aliphatic rings. The first-order valence-electron chi connectivity index (χ1n) is 7.86. The summed E-state index contributed by atoms with van der Waals surface area (Å²) in [4.78, 5) is 30.6. The number of nitrogens with two attached hydrogens (primary N) is 1. The highest BCUT2D eigenvalue weighted by molar-refractivity contribution is 6.05. The minimum Gasteiger partial charge on any atom is -0.365 e. The molecule has 140 valence electrons. The molecule has 1 fully saturated rings. The molecule has 1 saturated heterocycles. The fourth-order valence-electron chi connectivity index (χ4n) is 2.88. The zero-order valence-corrected chi connectivity index (χ0v) is 13.6. The van der Waals surface area contributed by atoms with Crippen molar-refractivity contribution < 1.29 is 22.8 Å². The van der Waals surface area contributed by atoms with Gasteiger partial charge in [0, 0.05) is 30.9 Å². The Hall–Kier alpha value is -2.82. The van der Waals surface area contributed by atoms with Gasteiger partial charge in [-0.2, -0.15) is 13.2 Å². The first kappa shape index (κ1) is 18.0. The summed E-state index contributed by atoms with van der Waals surface area (Å²) in [6.45, 7) is -0.720. The summed E-state index contributed by atoms with van der Waals surface area (Å²) in [6.07, 6.45) is -1.05. The van der Waals surface area contributed by atoms with Gasteiger partial charge in [0.25, 0.3) is 5.91 Å². The monoisotopic (exact) mass is 370 g/mol. The number of rotatable bonds is 5. The van der Waals surface area contributed by atoms with E-state index in [1.165, 1.54) is 6.20 Å². The zero-order chi connectivity index (χ0) is 18.9. The summed E-state index contributed by atoms with van der Waals surface area (Å²) in [5.41, 5.74) is 9.61. The third-order valence-corrected chi connectivity index (χ3v) is 4.14. The van der Waals surface area contributed by atoms with E-state index >= 15 is 0 Å². The largest absolute Gasteiger partial charge is 0.405 e. The first-order chi connectivity index (χ1) is 12.2. The van der Waals surface area contributed by atoms with Crippen LogP contribution in [0.4, 0.5) is 18.9 Å². The minimum absolute atomic E-state index is 0.182. The highest BCUT2D eigenvalue weighted by Gasteiger charge is 2.33. The SMILES string of the molecule is NC(=O)c1cnc2[nH]ccc2c1NN1CCC(C(=O)NCC(F)(F)F)C1. The molecule has 2 aromatic heterocycles. The predicted molar refractivity (Wildman–Crippen MR) is 87.0 cm³/mol. The van der Waals surface area contributed by atoms with Crippen molar-refractivity contribution in [2.24, 2.45) is 11.7 Å². The summed E-state index contributed by atoms with van der Waals surface area (Å²) in [5, 5.41) is 4.21. The number of hydrazine groups is 1. The molecular weight excluding hydrogens is 353 g/mol. The number of nitrogens with one attached hydrogen (secondary N) is 3. The van der Waals surface area contributed by atoms with Crippen LogP contribution in [0.2, 0.25) is 0 Å². The van der Waals surface area contributed by atoms with Gasteiger partial charge >= 0.3 is 6.18 Å². The highest BCUT2D eigenvalue weighted by atomic mass is 19.4. The van der Waals surface area contributed by atoms with Gasteiger partial charge in [0.15, 0.2) is 0 Å². The summed E-state index contributed by atoms with van der Waals surface area (Å²) in [7, 11) is 0. The van der Waals surface area contributed by atoms with Crippen LogP contribution >= 0.6 is 0 Å². The Bertz CT molecular complexity index is 834. The van der Waals surface area contributed by atoms with Crippen LogP contribution in [-0.4, -0.2) is 52.6 Å². The zero-order valence-electron chi connectivity index (χ0n) is 13.6. The van der Waals surface area contributed by atoms with E-state index in [-0.39, 0.29) is 12.1 Å². The van der Waals surface area contributed by atoms with Crippen molar-refractivity contribution in [1.29, 1.82) is 0 Å². The van der Waals surface area contributed by atoms with Crippen molar-refractivity contribution in [3.63, 3.8) is 0 Å². The number of carbonyl (C=O) groups is 2. The van der Waals surface area contributed by atoms with Crippen LogP contribution in [0.5, 0.6) is 0 Å². The number of alkyl halides is 3. The van der Waals surface area contributed by atoms with E-state index in [4.69, 9.17) is 5.73 Å². The van der Waals surface area contributed by atoms with Crippen molar-refractivity contribution in [3.8, 4) is 0 Å². The van der Waals surface area contributed by atoms with Crippen LogP contribution < -0.4 is 16.5 Å². The number of hydrogen-bond acceptors (Lipinski definition) is 5. The molecule has 8 nitrogen and oxygen atoms in total. The Labute approximate surface area is 145 Å². The van der Waals surface area contributed by atoms with Crippen molar-refractivity contribution >= 4 is 28.5 Å². The fraction of sp³-hybridized carbons (Fsp3) is 0.400. The smallest absolute Gasteiger partial charge is 0.365 e. The van der Waals surface area contributed by atoms with E-state index in [0.29, 0.717) is 29.7 Å². The molecule has 2 amide bonds. The summed E-state index contributed by atoms with van der Waals surface area (Å²) < 4.78 is 36.6. The number of aromatic amines is 1. The number of primary amides is 1. The molecule has 11 heteroatoms. The van der Waals surface area contributed by atoms with E-state index in [1.54, 1.807) is 17.3 Å². The van der Waals surface area contributed by atoms with Gasteiger partial charge in [0.05, 0.1) is 17.2 Å². The molecule has 1 aliphatic heterocycles. The highest BCUT2D eigenvalue weighted by Crippen LogP contribution is 2.27. The van der Waals surface area contributed by atoms with Crippen LogP contribution in [0.1, 0.15) is 16.8 Å². The number of fused-ring (bicyclic) bond motifs is 1. The summed E-state index contributed by atoms with van der Waals surface area (Å²) >= 11 is 0. The number of aromatic nitrogens is 2. The van der Waals surface area contributed by atoms with Gasteiger partial charge in [0.1, 0.15) is 12.2 Å². The van der Waals surface area contributed by atoms with E-state index < -0.39 is 30.5 Å². The standard InChI is InChI=1S/C15H17F3N6O2/c16-15(17,18)7-22-14(26)8-2-4-24(6-8)23-11-9-1-3-20-13(9)21-5-10(11)12(19)25/h1,3,5,8H,2,4,6-7H2,(H2,19,25)(H,22,26)(H2,20,21,23). The van der Waals surface area contributed by atoms with Gasteiger partial charge in [-0.15, -0.1) is 0 Å². The third-order valence-electron chi connectivity index (χ3n) is 4.14. The number of H-pyrrole nitrogens is 1. The van der Waals surface area contributed by atoms with Gasteiger partial charge in [-0.05, 0) is 12.5 Å². The number of amides is 2. The second-order valence-electron chi connectivity index (χ2n) is 6.03. The Morgan fingerprint density at radius 2 is 2.19 bits per heavy atom. The fourth-order valence-corrected chi connectivity index (χ4v) is 2.88. The van der Waals surface area contributed by atoms with Crippen LogP contribution in [0.25, 0.3) is 11.0 Å². The minimum atomic E-state index is -4.44. The number of carbonyl (C=O) groups excluding carboxylic acids is 2. The summed E-state index contributed by atoms with van der Waals surface area (Å²) in [5.74, 6) is -1.89. The number of anilines is 1. The van der Waals surface area contributed by atoms with Gasteiger partial charge in [-0.1, -0.05) is 0 Å². The number of nitrogens with zero attached hydrogens (tertiary/aromatic N) is 2. The van der Waals surface area contributed by atoms with Gasteiger partial charge in [-0.25, -0.2) is 9.99 Å². The number of halogens is 3. The van der Waals surface area contributed by atoms with Crippen molar-refractivity contribution in [3.05, 3.63) is 24.0 Å². The van der Waals surface area contributed by atoms with Crippen LogP contribution in [0.3, 0.4) is 0 Å². The van der Waals surface area contributed by atoms with Gasteiger partial charge in [-0.3, -0.25) is 9.59 Å². The van der Waals surface area contributed by atoms with Crippen molar-refractivity contribution in [2.45, 2.75) is 12.6 Å². The van der Waals surface area contributed by atoms with E-state index in [9.17, 15) is 22.8 Å². The number of pyridine rings is 1. The predicted octanol–water partition coefficient (Wildman–Crippen LogP) is 0.989. The molecule has 0 aromatic carbocycles. The van der Waals surface area contributed by atoms with E-state index in [2.05, 4.69) is 15.4 Å². The Kier molecular flexibility index (Phi) is 4.72. The molecule has 3 rings (SSSR count). The van der Waals surface area contributed by atoms with Crippen molar-refractivity contribution in [2.75, 3.05) is 25.1 Å². The molecule has 2 aromatic rings.